The Balaban J connectivity index is 2.62. The van der Waals surface area contributed by atoms with E-state index in [0.717, 1.165) is 0 Å². The van der Waals surface area contributed by atoms with E-state index < -0.39 is 5.97 Å². The zero-order chi connectivity index (χ0) is 13.0. The van der Waals surface area contributed by atoms with Crippen molar-refractivity contribution >= 4 is 11.9 Å². The fourth-order valence-electron chi connectivity index (χ4n) is 1.24. The van der Waals surface area contributed by atoms with E-state index in [0.29, 0.717) is 5.92 Å². The van der Waals surface area contributed by atoms with Crippen molar-refractivity contribution in [1.82, 2.24) is 15.1 Å². The molecule has 1 atom stereocenters. The maximum Gasteiger partial charge on any atom is 0.354 e. The molecule has 0 saturated carbocycles. The quantitative estimate of drug-likeness (QED) is 0.793. The molecule has 0 bridgehead atoms. The van der Waals surface area contributed by atoms with Crippen LogP contribution in [0.15, 0.2) is 12.3 Å². The fourth-order valence-corrected chi connectivity index (χ4v) is 1.24. The molecule has 2 N–H and O–H groups in total. The Labute approximate surface area is 99.6 Å². The average molecular weight is 239 g/mol. The van der Waals surface area contributed by atoms with Crippen LogP contribution in [0.4, 0.5) is 0 Å². The summed E-state index contributed by atoms with van der Waals surface area (Å²) in [6, 6.07) is 1.41. The lowest BCUT2D eigenvalue weighted by atomic mass is 10.1. The topological polar surface area (TPSA) is 84.2 Å². The van der Waals surface area contributed by atoms with Gasteiger partial charge in [-0.3, -0.25) is 4.79 Å². The maximum absolute atomic E-state index is 11.6. The lowest BCUT2D eigenvalue weighted by Crippen LogP contribution is -2.38. The van der Waals surface area contributed by atoms with Gasteiger partial charge in [0.05, 0.1) is 0 Å². The first-order valence-corrected chi connectivity index (χ1v) is 5.46. The van der Waals surface area contributed by atoms with E-state index >= 15 is 0 Å². The highest BCUT2D eigenvalue weighted by Gasteiger charge is 2.15. The minimum atomic E-state index is -1.09. The number of aromatic carboxylic acids is 1. The minimum absolute atomic E-state index is 0.0114. The number of amides is 1. The van der Waals surface area contributed by atoms with E-state index in [1.54, 1.807) is 0 Å². The summed E-state index contributed by atoms with van der Waals surface area (Å²) in [5.41, 5.74) is 0.0114. The molecule has 1 aromatic heterocycles. The zero-order valence-electron chi connectivity index (χ0n) is 10.2. The van der Waals surface area contributed by atoms with Crippen LogP contribution < -0.4 is 5.32 Å². The second-order valence-corrected chi connectivity index (χ2v) is 4.28. The number of carbonyl (C=O) groups excluding carboxylic acids is 1. The van der Waals surface area contributed by atoms with Gasteiger partial charge in [0.2, 0.25) is 5.91 Å². The first-order valence-electron chi connectivity index (χ1n) is 5.46. The summed E-state index contributed by atoms with van der Waals surface area (Å²) in [4.78, 5) is 22.4. The van der Waals surface area contributed by atoms with Crippen molar-refractivity contribution in [2.24, 2.45) is 5.92 Å². The normalized spacial score (nSPS) is 12.5. The molecule has 1 rings (SSSR count). The smallest absolute Gasteiger partial charge is 0.354 e. The Hall–Kier alpha value is -1.85. The second-order valence-electron chi connectivity index (χ2n) is 4.28. The predicted octanol–water partition coefficient (Wildman–Crippen LogP) is 0.742. The van der Waals surface area contributed by atoms with Crippen LogP contribution in [-0.2, 0) is 11.3 Å². The highest BCUT2D eigenvalue weighted by atomic mass is 16.4. The number of nitrogens with zero attached hydrogens (tertiary/aromatic N) is 2. The van der Waals surface area contributed by atoms with Gasteiger partial charge in [0.1, 0.15) is 12.2 Å². The summed E-state index contributed by atoms with van der Waals surface area (Å²) in [7, 11) is 0. The summed E-state index contributed by atoms with van der Waals surface area (Å²) in [6.07, 6.45) is 1.36. The van der Waals surface area contributed by atoms with Crippen molar-refractivity contribution in [1.29, 1.82) is 0 Å². The lowest BCUT2D eigenvalue weighted by Gasteiger charge is -2.17. The molecule has 0 fully saturated rings. The zero-order valence-corrected chi connectivity index (χ0v) is 10.2. The van der Waals surface area contributed by atoms with Crippen molar-refractivity contribution in [2.45, 2.75) is 33.4 Å². The molecule has 6 nitrogen and oxygen atoms in total. The van der Waals surface area contributed by atoms with E-state index in [4.69, 9.17) is 5.11 Å². The maximum atomic E-state index is 11.6. The largest absolute Gasteiger partial charge is 0.477 e. The third-order valence-corrected chi connectivity index (χ3v) is 2.62. The van der Waals surface area contributed by atoms with Gasteiger partial charge in [-0.15, -0.1) is 0 Å². The number of rotatable bonds is 5. The molecule has 0 aliphatic heterocycles. The highest BCUT2D eigenvalue weighted by Crippen LogP contribution is 2.01. The Morgan fingerprint density at radius 3 is 2.65 bits per heavy atom. The Morgan fingerprint density at radius 2 is 2.12 bits per heavy atom. The molecule has 94 valence electrons. The SMILES string of the molecule is CC(C)C(C)NC(=O)Cn1nccc1C(=O)O. The summed E-state index contributed by atoms with van der Waals surface area (Å²) >= 11 is 0. The van der Waals surface area contributed by atoms with Crippen molar-refractivity contribution < 1.29 is 14.7 Å². The molecule has 0 aliphatic rings. The molecule has 0 aliphatic carbocycles. The van der Waals surface area contributed by atoms with Crippen molar-refractivity contribution in [3.05, 3.63) is 18.0 Å². The third kappa shape index (κ3) is 3.58. The average Bonchev–Trinajstić information content (AvgIpc) is 2.65. The van der Waals surface area contributed by atoms with Crippen LogP contribution in [0.2, 0.25) is 0 Å². The van der Waals surface area contributed by atoms with Crippen LogP contribution in [0, 0.1) is 5.92 Å². The number of hydrogen-bond acceptors (Lipinski definition) is 3. The lowest BCUT2D eigenvalue weighted by molar-refractivity contribution is -0.122. The van der Waals surface area contributed by atoms with Crippen LogP contribution in [0.3, 0.4) is 0 Å². The summed E-state index contributed by atoms with van der Waals surface area (Å²) in [5, 5.41) is 15.4. The van der Waals surface area contributed by atoms with Gasteiger partial charge in [0.15, 0.2) is 0 Å². The van der Waals surface area contributed by atoms with Crippen molar-refractivity contribution in [3.8, 4) is 0 Å². The molecule has 17 heavy (non-hydrogen) atoms. The second kappa shape index (κ2) is 5.47. The number of carboxylic acid groups (broad SMARTS) is 1. The Bertz CT molecular complexity index is 412. The highest BCUT2D eigenvalue weighted by molar-refractivity contribution is 5.86. The molecular formula is C11H17N3O3. The summed E-state index contributed by atoms with van der Waals surface area (Å²) < 4.78 is 1.17. The van der Waals surface area contributed by atoms with Gasteiger partial charge in [0.25, 0.3) is 0 Å². The number of nitrogens with one attached hydrogen (secondary N) is 1. The van der Waals surface area contributed by atoms with Crippen molar-refractivity contribution in [3.63, 3.8) is 0 Å². The number of carbonyl (C=O) groups is 2. The summed E-state index contributed by atoms with van der Waals surface area (Å²) in [6.45, 7) is 5.83. The van der Waals surface area contributed by atoms with Gasteiger partial charge in [0, 0.05) is 12.2 Å². The molecule has 0 saturated heterocycles. The molecule has 0 radical (unpaired) electrons. The standard InChI is InChI=1S/C11H17N3O3/c1-7(2)8(3)13-10(15)6-14-9(11(16)17)4-5-12-14/h4-5,7-8H,6H2,1-3H3,(H,13,15)(H,16,17). The van der Waals surface area contributed by atoms with Gasteiger partial charge in [-0.25, -0.2) is 9.48 Å². The Morgan fingerprint density at radius 1 is 1.47 bits per heavy atom. The molecule has 0 aromatic carbocycles. The van der Waals surface area contributed by atoms with E-state index in [1.165, 1.54) is 16.9 Å². The monoisotopic (exact) mass is 239 g/mol. The summed E-state index contributed by atoms with van der Waals surface area (Å²) in [5.74, 6) is -1.000. The van der Waals surface area contributed by atoms with Gasteiger partial charge in [-0.2, -0.15) is 5.10 Å². The van der Waals surface area contributed by atoms with Crippen LogP contribution in [0.5, 0.6) is 0 Å². The fraction of sp³-hybridized carbons (Fsp3) is 0.545. The molecule has 1 heterocycles. The van der Waals surface area contributed by atoms with Gasteiger partial charge < -0.3 is 10.4 Å². The van der Waals surface area contributed by atoms with Crippen LogP contribution in [-0.4, -0.2) is 32.8 Å². The van der Waals surface area contributed by atoms with Crippen molar-refractivity contribution in [2.75, 3.05) is 0 Å². The van der Waals surface area contributed by atoms with E-state index in [2.05, 4.69) is 10.4 Å². The third-order valence-electron chi connectivity index (χ3n) is 2.62. The van der Waals surface area contributed by atoms with Crippen LogP contribution >= 0.6 is 0 Å². The minimum Gasteiger partial charge on any atom is -0.477 e. The van der Waals surface area contributed by atoms with Crippen LogP contribution in [0.25, 0.3) is 0 Å². The van der Waals surface area contributed by atoms with Gasteiger partial charge in [-0.1, -0.05) is 13.8 Å². The predicted molar refractivity (Wildman–Crippen MR) is 61.6 cm³/mol. The van der Waals surface area contributed by atoms with E-state index in [9.17, 15) is 9.59 Å². The van der Waals surface area contributed by atoms with E-state index in [-0.39, 0.29) is 24.2 Å². The van der Waals surface area contributed by atoms with E-state index in [1.807, 2.05) is 20.8 Å². The number of aromatic nitrogens is 2. The Kier molecular flexibility index (Phi) is 4.25. The molecule has 0 spiro atoms. The molecular weight excluding hydrogens is 222 g/mol. The number of hydrogen-bond donors (Lipinski definition) is 2. The molecule has 1 unspecified atom stereocenters. The van der Waals surface area contributed by atoms with Crippen LogP contribution in [0.1, 0.15) is 31.3 Å². The molecule has 1 amide bonds. The van der Waals surface area contributed by atoms with Gasteiger partial charge in [-0.05, 0) is 18.9 Å². The first-order chi connectivity index (χ1) is 7.91. The molecule has 6 heteroatoms. The molecule has 1 aromatic rings. The van der Waals surface area contributed by atoms with Gasteiger partial charge >= 0.3 is 5.97 Å². The first kappa shape index (κ1) is 13.2. The number of carboxylic acids is 1.